The van der Waals surface area contributed by atoms with Crippen LogP contribution in [-0.2, 0) is 9.53 Å². The lowest BCUT2D eigenvalue weighted by molar-refractivity contribution is -0.132. The molecule has 1 fully saturated rings. The van der Waals surface area contributed by atoms with Crippen LogP contribution in [0.25, 0.3) is 10.7 Å². The first-order valence-corrected chi connectivity index (χ1v) is 8.22. The monoisotopic (exact) mass is 327 g/mol. The van der Waals surface area contributed by atoms with Gasteiger partial charge in [0.15, 0.2) is 5.82 Å². The van der Waals surface area contributed by atoms with Gasteiger partial charge in [-0.2, -0.15) is 9.36 Å². The molecule has 0 unspecified atom stereocenters. The molecule has 1 saturated heterocycles. The van der Waals surface area contributed by atoms with Gasteiger partial charge in [0, 0.05) is 24.7 Å². The van der Waals surface area contributed by atoms with Gasteiger partial charge in [0.2, 0.25) is 11.0 Å². The summed E-state index contributed by atoms with van der Waals surface area (Å²) in [7, 11) is 0. The van der Waals surface area contributed by atoms with Crippen molar-refractivity contribution in [3.05, 3.63) is 17.5 Å². The standard InChI is InChI=1S/C13H14FN3O2S2/c14-8-13(3-5-19-6-4-13)11(18)16-12-15-10(17-21-12)9-2-1-7-20-9/h1-2,7H,3-6,8H2,(H,15,16,17,18). The van der Waals surface area contributed by atoms with E-state index in [1.54, 1.807) is 0 Å². The second kappa shape index (κ2) is 6.17. The van der Waals surface area contributed by atoms with E-state index in [2.05, 4.69) is 14.7 Å². The molecule has 2 aromatic rings. The summed E-state index contributed by atoms with van der Waals surface area (Å²) in [5.41, 5.74) is -0.993. The number of rotatable bonds is 4. The Morgan fingerprint density at radius 2 is 2.29 bits per heavy atom. The zero-order chi connectivity index (χ0) is 14.7. The molecule has 112 valence electrons. The van der Waals surface area contributed by atoms with Gasteiger partial charge in [-0.1, -0.05) is 6.07 Å². The summed E-state index contributed by atoms with van der Waals surface area (Å²) in [6.45, 7) is 0.139. The number of hydrogen-bond acceptors (Lipinski definition) is 6. The third-order valence-corrected chi connectivity index (χ3v) is 5.07. The van der Waals surface area contributed by atoms with E-state index in [1.165, 1.54) is 11.3 Å². The van der Waals surface area contributed by atoms with E-state index in [-0.39, 0.29) is 5.91 Å². The highest BCUT2D eigenvalue weighted by atomic mass is 32.1. The Morgan fingerprint density at radius 1 is 1.48 bits per heavy atom. The van der Waals surface area contributed by atoms with Gasteiger partial charge in [0.05, 0.1) is 10.3 Å². The number of carbonyl (C=O) groups excluding carboxylic acids is 1. The summed E-state index contributed by atoms with van der Waals surface area (Å²) in [4.78, 5) is 17.6. The zero-order valence-corrected chi connectivity index (χ0v) is 12.8. The number of hydrogen-bond donors (Lipinski definition) is 1. The molecule has 0 bridgehead atoms. The van der Waals surface area contributed by atoms with E-state index in [4.69, 9.17) is 4.74 Å². The molecule has 1 aliphatic rings. The quantitative estimate of drug-likeness (QED) is 0.938. The molecule has 0 spiro atoms. The van der Waals surface area contributed by atoms with E-state index in [1.807, 2.05) is 17.5 Å². The Kier molecular flexibility index (Phi) is 4.27. The maximum Gasteiger partial charge on any atom is 0.235 e. The highest BCUT2D eigenvalue weighted by molar-refractivity contribution is 7.14. The normalized spacial score (nSPS) is 17.6. The third kappa shape index (κ3) is 2.97. The molecule has 1 aliphatic heterocycles. The lowest BCUT2D eigenvalue weighted by atomic mass is 9.80. The van der Waals surface area contributed by atoms with Crippen molar-refractivity contribution in [1.82, 2.24) is 9.36 Å². The van der Waals surface area contributed by atoms with E-state index in [0.717, 1.165) is 16.4 Å². The largest absolute Gasteiger partial charge is 0.381 e. The van der Waals surface area contributed by atoms with Gasteiger partial charge >= 0.3 is 0 Å². The van der Waals surface area contributed by atoms with E-state index in [9.17, 15) is 9.18 Å². The van der Waals surface area contributed by atoms with Gasteiger partial charge < -0.3 is 10.1 Å². The van der Waals surface area contributed by atoms with Crippen LogP contribution in [0.1, 0.15) is 12.8 Å². The molecule has 3 rings (SSSR count). The van der Waals surface area contributed by atoms with Crippen molar-refractivity contribution >= 4 is 33.9 Å². The van der Waals surface area contributed by atoms with Crippen LogP contribution >= 0.6 is 22.9 Å². The first-order valence-electron chi connectivity index (χ1n) is 6.56. The Bertz CT molecular complexity index is 609. The van der Waals surface area contributed by atoms with Crippen molar-refractivity contribution < 1.29 is 13.9 Å². The van der Waals surface area contributed by atoms with Crippen molar-refractivity contribution in [2.45, 2.75) is 12.8 Å². The smallest absolute Gasteiger partial charge is 0.235 e. The van der Waals surface area contributed by atoms with Crippen LogP contribution in [0.3, 0.4) is 0 Å². The second-order valence-electron chi connectivity index (χ2n) is 4.88. The maximum atomic E-state index is 13.4. The first kappa shape index (κ1) is 14.6. The topological polar surface area (TPSA) is 64.1 Å². The zero-order valence-electron chi connectivity index (χ0n) is 11.2. The van der Waals surface area contributed by atoms with Crippen LogP contribution in [0.15, 0.2) is 17.5 Å². The summed E-state index contributed by atoms with van der Waals surface area (Å²) in [5.74, 6) is 0.258. The van der Waals surface area contributed by atoms with Crippen molar-refractivity contribution in [2.75, 3.05) is 25.2 Å². The fraction of sp³-hybridized carbons (Fsp3) is 0.462. The molecule has 1 N–H and O–H groups in total. The van der Waals surface area contributed by atoms with E-state index in [0.29, 0.717) is 37.0 Å². The van der Waals surface area contributed by atoms with Crippen molar-refractivity contribution in [2.24, 2.45) is 5.41 Å². The highest BCUT2D eigenvalue weighted by Crippen LogP contribution is 2.33. The average molecular weight is 327 g/mol. The number of alkyl halides is 1. The molecular formula is C13H14FN3O2S2. The summed E-state index contributed by atoms with van der Waals surface area (Å²) >= 11 is 2.64. The summed E-state index contributed by atoms with van der Waals surface area (Å²) < 4.78 is 22.8. The van der Waals surface area contributed by atoms with Gasteiger partial charge in [-0.05, 0) is 24.3 Å². The molecule has 3 heterocycles. The Morgan fingerprint density at radius 3 is 2.95 bits per heavy atom. The molecule has 21 heavy (non-hydrogen) atoms. The molecule has 0 atom stereocenters. The minimum Gasteiger partial charge on any atom is -0.381 e. The van der Waals surface area contributed by atoms with E-state index < -0.39 is 12.1 Å². The number of thiophene rings is 1. The molecule has 2 aromatic heterocycles. The van der Waals surface area contributed by atoms with Crippen LogP contribution < -0.4 is 5.32 Å². The lowest BCUT2D eigenvalue weighted by Gasteiger charge is -2.32. The number of nitrogens with one attached hydrogen (secondary N) is 1. The van der Waals surface area contributed by atoms with Crippen LogP contribution in [0.4, 0.5) is 9.52 Å². The maximum absolute atomic E-state index is 13.4. The van der Waals surface area contributed by atoms with Gasteiger partial charge in [0.1, 0.15) is 6.67 Å². The number of amides is 1. The molecule has 8 heteroatoms. The Labute approximate surface area is 129 Å². The molecule has 0 radical (unpaired) electrons. The molecule has 5 nitrogen and oxygen atoms in total. The summed E-state index contributed by atoms with van der Waals surface area (Å²) in [6.07, 6.45) is 0.790. The number of halogens is 1. The number of nitrogens with zero attached hydrogens (tertiary/aromatic N) is 2. The highest BCUT2D eigenvalue weighted by Gasteiger charge is 2.40. The fourth-order valence-corrected chi connectivity index (χ4v) is 3.49. The molecular weight excluding hydrogens is 313 g/mol. The summed E-state index contributed by atoms with van der Waals surface area (Å²) in [6, 6.07) is 3.83. The second-order valence-corrected chi connectivity index (χ2v) is 6.58. The van der Waals surface area contributed by atoms with Gasteiger partial charge in [-0.15, -0.1) is 11.3 Å². The number of carbonyl (C=O) groups is 1. The van der Waals surface area contributed by atoms with Gasteiger partial charge in [-0.25, -0.2) is 4.39 Å². The molecule has 0 saturated carbocycles. The van der Waals surface area contributed by atoms with Crippen LogP contribution in [0.2, 0.25) is 0 Å². The lowest BCUT2D eigenvalue weighted by Crippen LogP contribution is -2.42. The van der Waals surface area contributed by atoms with Crippen LogP contribution in [-0.4, -0.2) is 35.2 Å². The van der Waals surface area contributed by atoms with Gasteiger partial charge in [0.25, 0.3) is 0 Å². The fourth-order valence-electron chi connectivity index (χ4n) is 2.19. The Balaban J connectivity index is 1.72. The average Bonchev–Trinajstić information content (AvgIpc) is 3.18. The number of anilines is 1. The van der Waals surface area contributed by atoms with Crippen molar-refractivity contribution in [1.29, 1.82) is 0 Å². The number of aromatic nitrogens is 2. The third-order valence-electron chi connectivity index (χ3n) is 3.58. The molecule has 0 aliphatic carbocycles. The van der Waals surface area contributed by atoms with E-state index >= 15 is 0 Å². The minimum atomic E-state index is -0.993. The Hall–Kier alpha value is -1.38. The van der Waals surface area contributed by atoms with Gasteiger partial charge in [-0.3, -0.25) is 4.79 Å². The first-order chi connectivity index (χ1) is 10.2. The predicted octanol–water partition coefficient (Wildman–Crippen LogP) is 2.97. The predicted molar refractivity (Wildman–Crippen MR) is 80.3 cm³/mol. The van der Waals surface area contributed by atoms with Crippen molar-refractivity contribution in [3.8, 4) is 10.7 Å². The van der Waals surface area contributed by atoms with Crippen molar-refractivity contribution in [3.63, 3.8) is 0 Å². The number of ether oxygens (including phenoxy) is 1. The SMILES string of the molecule is O=C(Nc1nc(-c2cccs2)ns1)C1(CF)CCOCC1. The molecule has 0 aromatic carbocycles. The van der Waals surface area contributed by atoms with Crippen LogP contribution in [0, 0.1) is 5.41 Å². The minimum absolute atomic E-state index is 0.331. The summed E-state index contributed by atoms with van der Waals surface area (Å²) in [5, 5.41) is 5.05. The molecule has 1 amide bonds. The van der Waals surface area contributed by atoms with Crippen LogP contribution in [0.5, 0.6) is 0 Å².